The molecule has 1 atom stereocenters. The minimum absolute atomic E-state index is 0.205. The number of methoxy groups -OCH3 is 1. The summed E-state index contributed by atoms with van der Waals surface area (Å²) < 4.78 is 11.5. The number of rotatable bonds is 7. The van der Waals surface area contributed by atoms with E-state index in [1.165, 1.54) is 7.11 Å². The van der Waals surface area contributed by atoms with Crippen LogP contribution in [0.25, 0.3) is 0 Å². The first-order valence-corrected chi connectivity index (χ1v) is 9.40. The van der Waals surface area contributed by atoms with Crippen LogP contribution >= 0.6 is 15.9 Å². The standard InChI is InChI=1S/C20H23BrN2O4/c1-4-13(2)15-7-5-6-8-18(15)27-12-19(24)22-23-20(25)16-11-14(21)9-10-17(16)26-3/h5-11,13H,4,12H2,1-3H3,(H,22,24)(H,23,25). The number of carbonyl (C=O) groups excluding carboxylic acids is 2. The molecule has 0 aromatic heterocycles. The molecular formula is C20H23BrN2O4. The maximum Gasteiger partial charge on any atom is 0.276 e. The van der Waals surface area contributed by atoms with E-state index in [1.807, 2.05) is 24.3 Å². The molecule has 2 amide bonds. The minimum Gasteiger partial charge on any atom is -0.496 e. The lowest BCUT2D eigenvalue weighted by Gasteiger charge is -2.15. The summed E-state index contributed by atoms with van der Waals surface area (Å²) in [6.07, 6.45) is 0.969. The van der Waals surface area contributed by atoms with Gasteiger partial charge in [-0.3, -0.25) is 20.4 Å². The van der Waals surface area contributed by atoms with Gasteiger partial charge in [-0.1, -0.05) is 48.0 Å². The molecule has 7 heteroatoms. The lowest BCUT2D eigenvalue weighted by molar-refractivity contribution is -0.123. The average Bonchev–Trinajstić information content (AvgIpc) is 2.69. The van der Waals surface area contributed by atoms with Crippen molar-refractivity contribution < 1.29 is 19.1 Å². The molecular weight excluding hydrogens is 412 g/mol. The average molecular weight is 435 g/mol. The molecule has 144 valence electrons. The van der Waals surface area contributed by atoms with Gasteiger partial charge >= 0.3 is 0 Å². The summed E-state index contributed by atoms with van der Waals surface area (Å²) in [5.41, 5.74) is 6.07. The molecule has 2 rings (SSSR count). The Hall–Kier alpha value is -2.54. The highest BCUT2D eigenvalue weighted by Gasteiger charge is 2.15. The van der Waals surface area contributed by atoms with E-state index in [1.54, 1.807) is 18.2 Å². The Morgan fingerprint density at radius 2 is 1.85 bits per heavy atom. The molecule has 0 radical (unpaired) electrons. The number of hydrogen-bond acceptors (Lipinski definition) is 4. The number of benzene rings is 2. The van der Waals surface area contributed by atoms with E-state index >= 15 is 0 Å². The quantitative estimate of drug-likeness (QED) is 0.649. The molecule has 1 unspecified atom stereocenters. The van der Waals surface area contributed by atoms with Crippen LogP contribution in [0.3, 0.4) is 0 Å². The first kappa shape index (κ1) is 20.8. The molecule has 2 N–H and O–H groups in total. The monoisotopic (exact) mass is 434 g/mol. The van der Waals surface area contributed by atoms with Crippen LogP contribution in [0, 0.1) is 0 Å². The molecule has 0 aliphatic heterocycles. The largest absolute Gasteiger partial charge is 0.496 e. The van der Waals surface area contributed by atoms with Crippen LogP contribution in [0.5, 0.6) is 11.5 Å². The second-order valence-corrected chi connectivity index (χ2v) is 6.90. The van der Waals surface area contributed by atoms with Gasteiger partial charge < -0.3 is 9.47 Å². The van der Waals surface area contributed by atoms with Gasteiger partial charge in [-0.25, -0.2) is 0 Å². The van der Waals surface area contributed by atoms with Gasteiger partial charge in [0.2, 0.25) is 0 Å². The molecule has 0 spiro atoms. The van der Waals surface area contributed by atoms with Crippen molar-refractivity contribution in [2.45, 2.75) is 26.2 Å². The zero-order chi connectivity index (χ0) is 19.8. The Morgan fingerprint density at radius 3 is 2.56 bits per heavy atom. The fraction of sp³-hybridized carbons (Fsp3) is 0.300. The maximum absolute atomic E-state index is 12.3. The van der Waals surface area contributed by atoms with Crippen LogP contribution in [0.4, 0.5) is 0 Å². The smallest absolute Gasteiger partial charge is 0.276 e. The Kier molecular flexibility index (Phi) is 7.67. The summed E-state index contributed by atoms with van der Waals surface area (Å²) in [5.74, 6) is 0.455. The van der Waals surface area contributed by atoms with Gasteiger partial charge in [0, 0.05) is 4.47 Å². The third kappa shape index (κ3) is 5.72. The molecule has 27 heavy (non-hydrogen) atoms. The molecule has 0 fully saturated rings. The molecule has 0 aliphatic rings. The van der Waals surface area contributed by atoms with Crippen LogP contribution in [-0.4, -0.2) is 25.5 Å². The van der Waals surface area contributed by atoms with Gasteiger partial charge in [0.15, 0.2) is 6.61 Å². The highest BCUT2D eigenvalue weighted by molar-refractivity contribution is 9.10. The van der Waals surface area contributed by atoms with Gasteiger partial charge in [0.1, 0.15) is 11.5 Å². The Labute approximate surface area is 167 Å². The van der Waals surface area contributed by atoms with Crippen molar-refractivity contribution in [3.63, 3.8) is 0 Å². The van der Waals surface area contributed by atoms with Crippen molar-refractivity contribution in [2.24, 2.45) is 0 Å². The zero-order valence-electron chi connectivity index (χ0n) is 15.5. The van der Waals surface area contributed by atoms with Crippen LogP contribution in [-0.2, 0) is 4.79 Å². The van der Waals surface area contributed by atoms with E-state index in [0.717, 1.165) is 16.5 Å². The highest BCUT2D eigenvalue weighted by Crippen LogP contribution is 2.28. The normalized spacial score (nSPS) is 11.4. The van der Waals surface area contributed by atoms with Crippen molar-refractivity contribution in [3.8, 4) is 11.5 Å². The van der Waals surface area contributed by atoms with Crippen molar-refractivity contribution >= 4 is 27.7 Å². The summed E-state index contributed by atoms with van der Waals surface area (Å²) in [4.78, 5) is 24.3. The highest BCUT2D eigenvalue weighted by atomic mass is 79.9. The Bertz CT molecular complexity index is 810. The number of hydrogen-bond donors (Lipinski definition) is 2. The van der Waals surface area contributed by atoms with E-state index in [0.29, 0.717) is 23.0 Å². The maximum atomic E-state index is 12.3. The molecule has 6 nitrogen and oxygen atoms in total. The first-order chi connectivity index (χ1) is 13.0. The summed E-state index contributed by atoms with van der Waals surface area (Å²) in [6.45, 7) is 4.00. The summed E-state index contributed by atoms with van der Waals surface area (Å²) in [6, 6.07) is 12.7. The van der Waals surface area contributed by atoms with Gasteiger partial charge in [0.05, 0.1) is 12.7 Å². The van der Waals surface area contributed by atoms with E-state index in [4.69, 9.17) is 9.47 Å². The fourth-order valence-corrected chi connectivity index (χ4v) is 2.83. The van der Waals surface area contributed by atoms with Gasteiger partial charge in [-0.05, 0) is 42.2 Å². The fourth-order valence-electron chi connectivity index (χ4n) is 2.47. The number of halogens is 1. The van der Waals surface area contributed by atoms with Crippen molar-refractivity contribution in [3.05, 3.63) is 58.1 Å². The zero-order valence-corrected chi connectivity index (χ0v) is 17.1. The van der Waals surface area contributed by atoms with Crippen molar-refractivity contribution in [1.29, 1.82) is 0 Å². The summed E-state index contributed by atoms with van der Waals surface area (Å²) in [7, 11) is 1.47. The molecule has 0 aliphatic carbocycles. The van der Waals surface area contributed by atoms with E-state index in [9.17, 15) is 9.59 Å². The third-order valence-electron chi connectivity index (χ3n) is 4.14. The lowest BCUT2D eigenvalue weighted by Crippen LogP contribution is -2.44. The molecule has 0 saturated carbocycles. The Balaban J connectivity index is 1.92. The van der Waals surface area contributed by atoms with E-state index in [-0.39, 0.29) is 6.61 Å². The first-order valence-electron chi connectivity index (χ1n) is 8.60. The van der Waals surface area contributed by atoms with Crippen LogP contribution < -0.4 is 20.3 Å². The molecule has 0 heterocycles. The van der Waals surface area contributed by atoms with Crippen LogP contribution in [0.15, 0.2) is 46.9 Å². The van der Waals surface area contributed by atoms with E-state index in [2.05, 4.69) is 40.6 Å². The summed E-state index contributed by atoms with van der Waals surface area (Å²) in [5, 5.41) is 0. The number of ether oxygens (including phenoxy) is 2. The number of nitrogens with one attached hydrogen (secondary N) is 2. The number of para-hydroxylation sites is 1. The molecule has 2 aromatic rings. The third-order valence-corrected chi connectivity index (χ3v) is 4.64. The lowest BCUT2D eigenvalue weighted by atomic mass is 9.98. The van der Waals surface area contributed by atoms with Gasteiger partial charge in [0.25, 0.3) is 11.8 Å². The predicted molar refractivity (Wildman–Crippen MR) is 107 cm³/mol. The van der Waals surface area contributed by atoms with Crippen molar-refractivity contribution in [1.82, 2.24) is 10.9 Å². The number of carbonyl (C=O) groups is 2. The van der Waals surface area contributed by atoms with Gasteiger partial charge in [-0.15, -0.1) is 0 Å². The SMILES string of the molecule is CCC(C)c1ccccc1OCC(=O)NNC(=O)c1cc(Br)ccc1OC. The van der Waals surface area contributed by atoms with E-state index < -0.39 is 11.8 Å². The van der Waals surface area contributed by atoms with Crippen LogP contribution in [0.2, 0.25) is 0 Å². The minimum atomic E-state index is -0.485. The number of hydrazine groups is 1. The van der Waals surface area contributed by atoms with Crippen LogP contribution in [0.1, 0.15) is 42.1 Å². The Morgan fingerprint density at radius 1 is 1.11 bits per heavy atom. The molecule has 0 bridgehead atoms. The number of amides is 2. The van der Waals surface area contributed by atoms with Crippen molar-refractivity contribution in [2.75, 3.05) is 13.7 Å². The second kappa shape index (κ2) is 9.97. The second-order valence-electron chi connectivity index (χ2n) is 5.98. The van der Waals surface area contributed by atoms with Gasteiger partial charge in [-0.2, -0.15) is 0 Å². The topological polar surface area (TPSA) is 76.7 Å². The summed E-state index contributed by atoms with van der Waals surface area (Å²) >= 11 is 3.31. The molecule has 2 aromatic carbocycles. The predicted octanol–water partition coefficient (Wildman–Crippen LogP) is 3.81. The molecule has 0 saturated heterocycles.